The number of fused-ring (bicyclic) bond motifs is 4. The molecule has 0 amide bonds. The molecule has 53 heavy (non-hydrogen) atoms. The number of ether oxygens (including phenoxy) is 4. The number of hydrogen-bond acceptors (Lipinski definition) is 9. The number of esters is 1. The molecule has 9 heteroatoms. The SMILES string of the molecule is CC(=O)O[C@@H](C1C[C@@H](C)[C@H]2C(O1)[C@H](O)[C@@]1(C)C3CC[C@H]4C(C)(C)[C@@H](O[C@H]5CN(C6CCN(C(C)C)CC6)CCO5)CCC45CC35CC[C@]21C)C(C)(C)O. The van der Waals surface area contributed by atoms with Gasteiger partial charge in [-0.05, 0) is 150 Å². The first-order chi connectivity index (χ1) is 24.8. The van der Waals surface area contributed by atoms with Gasteiger partial charge in [0, 0.05) is 37.5 Å². The van der Waals surface area contributed by atoms with Gasteiger partial charge in [-0.3, -0.25) is 9.69 Å². The van der Waals surface area contributed by atoms with E-state index in [9.17, 15) is 15.0 Å². The van der Waals surface area contributed by atoms with E-state index in [0.29, 0.717) is 35.8 Å². The van der Waals surface area contributed by atoms with Crippen molar-refractivity contribution in [3.8, 4) is 0 Å². The zero-order valence-electron chi connectivity index (χ0n) is 34.9. The van der Waals surface area contributed by atoms with Gasteiger partial charge >= 0.3 is 5.97 Å². The van der Waals surface area contributed by atoms with Gasteiger partial charge in [0.1, 0.15) is 0 Å². The lowest BCUT2D eigenvalue weighted by Crippen LogP contribution is -2.60. The van der Waals surface area contributed by atoms with Crippen molar-refractivity contribution in [1.29, 1.82) is 0 Å². The van der Waals surface area contributed by atoms with Gasteiger partial charge in [-0.15, -0.1) is 0 Å². The molecule has 0 bridgehead atoms. The number of nitrogens with zero attached hydrogens (tertiary/aromatic N) is 2. The van der Waals surface area contributed by atoms with Crippen LogP contribution in [0, 0.1) is 50.7 Å². The molecule has 9 nitrogen and oxygen atoms in total. The quantitative estimate of drug-likeness (QED) is 0.287. The Kier molecular flexibility index (Phi) is 9.65. The zero-order chi connectivity index (χ0) is 38.1. The average Bonchev–Trinajstić information content (AvgIpc) is 3.72. The summed E-state index contributed by atoms with van der Waals surface area (Å²) in [6, 6.07) is 1.26. The second-order valence-corrected chi connectivity index (χ2v) is 21.5. The minimum absolute atomic E-state index is 0.0505. The van der Waals surface area contributed by atoms with Gasteiger partial charge in [0.15, 0.2) is 12.4 Å². The number of morpholine rings is 1. The molecule has 302 valence electrons. The lowest BCUT2D eigenvalue weighted by molar-refractivity contribution is -0.251. The summed E-state index contributed by atoms with van der Waals surface area (Å²) in [6.07, 6.45) is 9.33. The molecule has 3 aliphatic heterocycles. The van der Waals surface area contributed by atoms with E-state index < -0.39 is 29.9 Å². The van der Waals surface area contributed by atoms with Crippen molar-refractivity contribution in [3.05, 3.63) is 0 Å². The van der Waals surface area contributed by atoms with Gasteiger partial charge in [0.05, 0.1) is 36.6 Å². The molecular weight excluding hydrogens is 668 g/mol. The van der Waals surface area contributed by atoms with E-state index in [1.54, 1.807) is 13.8 Å². The Morgan fingerprint density at radius 3 is 2.28 bits per heavy atom. The van der Waals surface area contributed by atoms with E-state index in [1.807, 2.05) is 0 Å². The molecule has 0 radical (unpaired) electrons. The van der Waals surface area contributed by atoms with Crippen molar-refractivity contribution in [2.75, 3.05) is 32.8 Å². The highest BCUT2D eigenvalue weighted by atomic mass is 16.7. The van der Waals surface area contributed by atoms with Gasteiger partial charge in [0.2, 0.25) is 0 Å². The van der Waals surface area contributed by atoms with Crippen molar-refractivity contribution < 1.29 is 34.0 Å². The fourth-order valence-corrected chi connectivity index (χ4v) is 15.6. The van der Waals surface area contributed by atoms with Crippen LogP contribution in [0.15, 0.2) is 0 Å². The van der Waals surface area contributed by atoms with Crippen LogP contribution >= 0.6 is 0 Å². The predicted octanol–water partition coefficient (Wildman–Crippen LogP) is 6.42. The summed E-state index contributed by atoms with van der Waals surface area (Å²) < 4.78 is 26.0. The van der Waals surface area contributed by atoms with Crippen molar-refractivity contribution in [1.82, 2.24) is 9.80 Å². The van der Waals surface area contributed by atoms with E-state index in [4.69, 9.17) is 18.9 Å². The highest BCUT2D eigenvalue weighted by molar-refractivity contribution is 5.66. The molecule has 8 rings (SSSR count). The van der Waals surface area contributed by atoms with E-state index in [2.05, 4.69) is 58.3 Å². The van der Waals surface area contributed by atoms with Gasteiger partial charge in [-0.2, -0.15) is 0 Å². The molecule has 8 fully saturated rings. The fourth-order valence-electron chi connectivity index (χ4n) is 15.6. The fraction of sp³-hybridized carbons (Fsp3) is 0.977. The molecule has 5 saturated carbocycles. The number of piperidine rings is 1. The highest BCUT2D eigenvalue weighted by Gasteiger charge is 2.84. The Hall–Kier alpha value is -0.810. The molecule has 0 aromatic heterocycles. The molecule has 3 heterocycles. The maximum atomic E-state index is 12.7. The molecule has 2 N–H and O–H groups in total. The van der Waals surface area contributed by atoms with Crippen LogP contribution in [0.1, 0.15) is 133 Å². The molecule has 5 unspecified atom stereocenters. The lowest BCUT2D eigenvalue weighted by atomic mass is 9.41. The predicted molar refractivity (Wildman–Crippen MR) is 204 cm³/mol. The number of rotatable bonds is 7. The van der Waals surface area contributed by atoms with Gasteiger partial charge < -0.3 is 34.1 Å². The third kappa shape index (κ3) is 5.72. The first-order valence-electron chi connectivity index (χ1n) is 21.8. The smallest absolute Gasteiger partial charge is 0.303 e. The maximum Gasteiger partial charge on any atom is 0.303 e. The van der Waals surface area contributed by atoms with Gasteiger partial charge in [-0.25, -0.2) is 0 Å². The molecule has 8 aliphatic rings. The first-order valence-corrected chi connectivity index (χ1v) is 21.8. The second kappa shape index (κ2) is 13.1. The zero-order valence-corrected chi connectivity index (χ0v) is 34.9. The Labute approximate surface area is 320 Å². The lowest BCUT2D eigenvalue weighted by Gasteiger charge is -2.64. The highest BCUT2D eigenvalue weighted by Crippen LogP contribution is 2.89. The van der Waals surface area contributed by atoms with E-state index in [0.717, 1.165) is 39.0 Å². The molecule has 0 aromatic rings. The summed E-state index contributed by atoms with van der Waals surface area (Å²) in [5, 5.41) is 23.7. The largest absolute Gasteiger partial charge is 0.457 e. The monoisotopic (exact) mass is 743 g/mol. The van der Waals surface area contributed by atoms with E-state index in [-0.39, 0.29) is 52.0 Å². The molecular formula is C44H74N2O7. The summed E-state index contributed by atoms with van der Waals surface area (Å²) in [6.45, 7) is 26.7. The molecule has 3 saturated heterocycles. The van der Waals surface area contributed by atoms with Crippen LogP contribution in [0.25, 0.3) is 0 Å². The summed E-state index contributed by atoms with van der Waals surface area (Å²) in [4.78, 5) is 17.4. The first kappa shape index (κ1) is 39.0. The van der Waals surface area contributed by atoms with Crippen LogP contribution < -0.4 is 0 Å². The standard InChI is InChI=1S/C44H74N2O7/c1-26(2)45-19-14-29(15-20-45)46-21-22-50-34(24-46)53-33-13-16-43-25-44(43)18-17-41(9)35-27(3)23-30(38(40(7,8)49)51-28(4)47)52-36(35)37(48)42(41,10)32(44)12-11-31(43)39(33,5)6/h26-27,29-38,48-49H,11-25H2,1-10H3/t27-,30?,31+,32?,33+,34+,35+,36?,37+,38+,41-,42-,43?,44?/m1/s1. The van der Waals surface area contributed by atoms with Gasteiger partial charge in [-0.1, -0.05) is 34.6 Å². The number of aliphatic hydroxyl groups excluding tert-OH is 1. The Balaban J connectivity index is 0.978. The molecule has 5 aliphatic carbocycles. The van der Waals surface area contributed by atoms with Crippen molar-refractivity contribution in [3.63, 3.8) is 0 Å². The summed E-state index contributed by atoms with van der Waals surface area (Å²) >= 11 is 0. The van der Waals surface area contributed by atoms with Crippen molar-refractivity contribution in [2.45, 2.75) is 188 Å². The third-order valence-electron chi connectivity index (χ3n) is 18.2. The van der Waals surface area contributed by atoms with E-state index >= 15 is 0 Å². The Morgan fingerprint density at radius 2 is 1.62 bits per heavy atom. The summed E-state index contributed by atoms with van der Waals surface area (Å²) in [7, 11) is 0. The van der Waals surface area contributed by atoms with Crippen molar-refractivity contribution >= 4 is 5.97 Å². The minimum Gasteiger partial charge on any atom is -0.457 e. The van der Waals surface area contributed by atoms with Gasteiger partial charge in [0.25, 0.3) is 0 Å². The van der Waals surface area contributed by atoms with Crippen LogP contribution in [0.2, 0.25) is 0 Å². The maximum absolute atomic E-state index is 12.7. The van der Waals surface area contributed by atoms with E-state index in [1.165, 1.54) is 58.5 Å². The third-order valence-corrected chi connectivity index (χ3v) is 18.2. The second-order valence-electron chi connectivity index (χ2n) is 21.5. The molecule has 0 aromatic carbocycles. The summed E-state index contributed by atoms with van der Waals surface area (Å²) in [5.41, 5.74) is -0.939. The minimum atomic E-state index is -1.25. The van der Waals surface area contributed by atoms with Crippen LogP contribution in [0.5, 0.6) is 0 Å². The summed E-state index contributed by atoms with van der Waals surface area (Å²) in [5.74, 6) is 1.14. The molecule has 2 spiro atoms. The van der Waals surface area contributed by atoms with Crippen LogP contribution in [0.3, 0.4) is 0 Å². The van der Waals surface area contributed by atoms with Crippen LogP contribution in [-0.4, -0.2) is 113 Å². The number of aliphatic hydroxyl groups is 2. The Bertz CT molecular complexity index is 1390. The number of carbonyl (C=O) groups is 1. The normalized spacial score (nSPS) is 49.3. The van der Waals surface area contributed by atoms with Crippen LogP contribution in [-0.2, 0) is 23.7 Å². The number of hydrogen-bond donors (Lipinski definition) is 2. The average molecular weight is 743 g/mol. The Morgan fingerprint density at radius 1 is 0.943 bits per heavy atom. The van der Waals surface area contributed by atoms with Crippen molar-refractivity contribution in [2.24, 2.45) is 50.7 Å². The van der Waals surface area contributed by atoms with Crippen LogP contribution in [0.4, 0.5) is 0 Å². The number of carbonyl (C=O) groups excluding carboxylic acids is 1. The number of likely N-dealkylation sites (tertiary alicyclic amines) is 1. The topological polar surface area (TPSA) is 101 Å². The molecule has 14 atom stereocenters.